The summed E-state index contributed by atoms with van der Waals surface area (Å²) in [7, 11) is 1.47. The Hall–Kier alpha value is -3.65. The Morgan fingerprint density at radius 1 is 1.24 bits per heavy atom. The van der Waals surface area contributed by atoms with Crippen molar-refractivity contribution in [3.05, 3.63) is 70.7 Å². The Morgan fingerprint density at radius 3 is 2.79 bits per heavy atom. The number of methoxy groups -OCH3 is 1. The van der Waals surface area contributed by atoms with Crippen LogP contribution in [0.3, 0.4) is 0 Å². The summed E-state index contributed by atoms with van der Waals surface area (Å²) in [6.07, 6.45) is 1.49. The average molecular weight is 406 g/mol. The molecular weight excluding hydrogens is 388 g/mol. The lowest BCUT2D eigenvalue weighted by Crippen LogP contribution is -2.16. The molecule has 2 N–H and O–H groups in total. The molecular formula is C21H18N4O3S. The number of hydrogen-bond acceptors (Lipinski definition) is 6. The van der Waals surface area contributed by atoms with Gasteiger partial charge in [-0.25, -0.2) is 10.1 Å². The van der Waals surface area contributed by atoms with E-state index in [1.165, 1.54) is 30.7 Å². The summed E-state index contributed by atoms with van der Waals surface area (Å²) >= 11 is 1.36. The maximum Gasteiger partial charge on any atom is 0.281 e. The molecule has 29 heavy (non-hydrogen) atoms. The molecule has 0 aliphatic carbocycles. The van der Waals surface area contributed by atoms with Crippen LogP contribution in [-0.2, 0) is 0 Å². The van der Waals surface area contributed by atoms with Gasteiger partial charge >= 0.3 is 0 Å². The number of amides is 1. The first kappa shape index (κ1) is 18.7. The second-order valence-corrected chi connectivity index (χ2v) is 7.32. The third-order valence-corrected chi connectivity index (χ3v) is 5.46. The van der Waals surface area contributed by atoms with Crippen molar-refractivity contribution in [1.29, 1.82) is 0 Å². The normalized spacial score (nSPS) is 11.2. The highest BCUT2D eigenvalue weighted by atomic mass is 32.1. The quantitative estimate of drug-likeness (QED) is 0.389. The molecule has 0 unspecified atom stereocenters. The van der Waals surface area contributed by atoms with Gasteiger partial charge in [0.2, 0.25) is 0 Å². The third kappa shape index (κ3) is 3.70. The van der Waals surface area contributed by atoms with E-state index >= 15 is 0 Å². The van der Waals surface area contributed by atoms with E-state index < -0.39 is 0 Å². The molecule has 8 heteroatoms. The number of para-hydroxylation sites is 1. The zero-order valence-electron chi connectivity index (χ0n) is 15.8. The lowest BCUT2D eigenvalue weighted by atomic mass is 10.2. The van der Waals surface area contributed by atoms with Crippen molar-refractivity contribution in [1.82, 2.24) is 15.2 Å². The molecule has 0 atom stereocenters. The van der Waals surface area contributed by atoms with Gasteiger partial charge in [0.15, 0.2) is 11.5 Å². The second-order valence-electron chi connectivity index (χ2n) is 6.29. The van der Waals surface area contributed by atoms with Crippen molar-refractivity contribution >= 4 is 33.7 Å². The lowest BCUT2D eigenvalue weighted by Gasteiger charge is -2.03. The number of rotatable bonds is 5. The first-order valence-corrected chi connectivity index (χ1v) is 9.63. The van der Waals surface area contributed by atoms with Crippen molar-refractivity contribution < 1.29 is 14.6 Å². The smallest absolute Gasteiger partial charge is 0.281 e. The molecule has 0 aliphatic heterocycles. The van der Waals surface area contributed by atoms with Gasteiger partial charge in [-0.2, -0.15) is 10.2 Å². The van der Waals surface area contributed by atoms with Crippen molar-refractivity contribution in [3.63, 3.8) is 0 Å². The van der Waals surface area contributed by atoms with Gasteiger partial charge in [-0.3, -0.25) is 4.79 Å². The third-order valence-electron chi connectivity index (χ3n) is 4.35. The van der Waals surface area contributed by atoms with Gasteiger partial charge in [0.05, 0.1) is 29.6 Å². The van der Waals surface area contributed by atoms with E-state index in [4.69, 9.17) is 4.74 Å². The Bertz CT molecular complexity index is 1210. The Balaban J connectivity index is 1.55. The van der Waals surface area contributed by atoms with Crippen molar-refractivity contribution in [2.24, 2.45) is 5.10 Å². The molecule has 146 valence electrons. The number of nitrogens with zero attached hydrogens (tertiary/aromatic N) is 3. The molecule has 0 bridgehead atoms. The van der Waals surface area contributed by atoms with E-state index in [2.05, 4.69) is 15.6 Å². The van der Waals surface area contributed by atoms with Crippen LogP contribution in [0.25, 0.3) is 15.9 Å². The average Bonchev–Trinajstić information content (AvgIpc) is 3.30. The largest absolute Gasteiger partial charge is 0.504 e. The van der Waals surface area contributed by atoms with Gasteiger partial charge in [-0.05, 0) is 48.9 Å². The number of phenolic OH excluding ortho intramolecular Hbond substituents is 1. The first-order valence-electron chi connectivity index (χ1n) is 8.82. The molecule has 0 saturated carbocycles. The zero-order valence-corrected chi connectivity index (χ0v) is 16.6. The van der Waals surface area contributed by atoms with Crippen molar-refractivity contribution in [2.45, 2.75) is 6.92 Å². The SMILES string of the molecule is COc1cc(C=NNC(=O)c2cc3c(C)nn(-c4ccccc4)c3s2)ccc1O. The fourth-order valence-electron chi connectivity index (χ4n) is 2.90. The van der Waals surface area contributed by atoms with Gasteiger partial charge in [0.25, 0.3) is 5.91 Å². The minimum Gasteiger partial charge on any atom is -0.504 e. The van der Waals surface area contributed by atoms with Gasteiger partial charge in [-0.1, -0.05) is 18.2 Å². The maximum absolute atomic E-state index is 12.5. The number of ether oxygens (including phenoxy) is 1. The van der Waals surface area contributed by atoms with Gasteiger partial charge in [0, 0.05) is 5.39 Å². The van der Waals surface area contributed by atoms with Crippen LogP contribution in [0.2, 0.25) is 0 Å². The number of aryl methyl sites for hydroxylation is 1. The number of hydrazone groups is 1. The number of benzene rings is 2. The number of aromatic hydroxyl groups is 1. The molecule has 0 radical (unpaired) electrons. The van der Waals surface area contributed by atoms with Crippen molar-refractivity contribution in [2.75, 3.05) is 7.11 Å². The second kappa shape index (κ2) is 7.76. The van der Waals surface area contributed by atoms with Gasteiger partial charge < -0.3 is 9.84 Å². The van der Waals surface area contributed by atoms with E-state index in [9.17, 15) is 9.90 Å². The first-order chi connectivity index (χ1) is 14.1. The minimum absolute atomic E-state index is 0.0433. The Labute approximate surface area is 170 Å². The van der Waals surface area contributed by atoms with Crippen molar-refractivity contribution in [3.8, 4) is 17.2 Å². The number of nitrogens with one attached hydrogen (secondary N) is 1. The molecule has 0 aliphatic rings. The molecule has 7 nitrogen and oxygen atoms in total. The number of thiophene rings is 1. The summed E-state index contributed by atoms with van der Waals surface area (Å²) in [4.78, 5) is 14.0. The van der Waals surface area contributed by atoms with Crippen LogP contribution >= 0.6 is 11.3 Å². The number of fused-ring (bicyclic) bond motifs is 1. The lowest BCUT2D eigenvalue weighted by molar-refractivity contribution is 0.0959. The van der Waals surface area contributed by atoms with Crippen LogP contribution in [0, 0.1) is 6.92 Å². The molecule has 2 aromatic heterocycles. The molecule has 0 saturated heterocycles. The van der Waals surface area contributed by atoms with Crippen LogP contribution in [0.4, 0.5) is 0 Å². The predicted octanol–water partition coefficient (Wildman–Crippen LogP) is 3.87. The number of carbonyl (C=O) groups is 1. The molecule has 2 heterocycles. The summed E-state index contributed by atoms with van der Waals surface area (Å²) in [5.74, 6) is 0.0831. The minimum atomic E-state index is -0.299. The van der Waals surface area contributed by atoms with E-state index in [-0.39, 0.29) is 11.7 Å². The van der Waals surface area contributed by atoms with E-state index in [1.807, 2.05) is 48.0 Å². The molecule has 4 aromatic rings. The number of carbonyl (C=O) groups excluding carboxylic acids is 1. The van der Waals surface area contributed by atoms with Crippen LogP contribution < -0.4 is 10.2 Å². The number of phenols is 1. The molecule has 0 fully saturated rings. The zero-order chi connectivity index (χ0) is 20.4. The van der Waals surface area contributed by atoms with Crippen LogP contribution in [0.5, 0.6) is 11.5 Å². The van der Waals surface area contributed by atoms with E-state index in [0.29, 0.717) is 16.2 Å². The fraction of sp³-hybridized carbons (Fsp3) is 0.0952. The summed E-state index contributed by atoms with van der Waals surface area (Å²) < 4.78 is 6.91. The fourth-order valence-corrected chi connectivity index (χ4v) is 3.97. The molecule has 0 spiro atoms. The van der Waals surface area contributed by atoms with E-state index in [0.717, 1.165) is 21.6 Å². The standard InChI is InChI=1S/C21H18N4O3S/c1-13-16-11-19(29-21(16)25(24-13)15-6-4-3-5-7-15)20(27)23-22-12-14-8-9-17(26)18(10-14)28-2/h3-12,26H,1-2H3,(H,23,27). The van der Waals surface area contributed by atoms with E-state index in [1.54, 1.807) is 12.1 Å². The summed E-state index contributed by atoms with van der Waals surface area (Å²) in [5, 5.41) is 19.2. The highest BCUT2D eigenvalue weighted by Gasteiger charge is 2.16. The van der Waals surface area contributed by atoms with Crippen LogP contribution in [0.1, 0.15) is 20.9 Å². The summed E-state index contributed by atoms with van der Waals surface area (Å²) in [6, 6.07) is 16.4. The number of aromatic nitrogens is 2. The predicted molar refractivity (Wildman–Crippen MR) is 113 cm³/mol. The number of hydrogen-bond donors (Lipinski definition) is 2. The molecule has 2 aromatic carbocycles. The highest BCUT2D eigenvalue weighted by molar-refractivity contribution is 7.20. The summed E-state index contributed by atoms with van der Waals surface area (Å²) in [6.45, 7) is 1.92. The monoisotopic (exact) mass is 406 g/mol. The highest BCUT2D eigenvalue weighted by Crippen LogP contribution is 2.30. The topological polar surface area (TPSA) is 88.7 Å². The maximum atomic E-state index is 12.5. The van der Waals surface area contributed by atoms with Crippen LogP contribution in [-0.4, -0.2) is 34.1 Å². The Kier molecular flexibility index (Phi) is 5.01. The summed E-state index contributed by atoms with van der Waals surface area (Å²) in [5.41, 5.74) is 5.03. The van der Waals surface area contributed by atoms with Gasteiger partial charge in [-0.15, -0.1) is 11.3 Å². The molecule has 4 rings (SSSR count). The Morgan fingerprint density at radius 2 is 2.03 bits per heavy atom. The molecule has 1 amide bonds. The van der Waals surface area contributed by atoms with Gasteiger partial charge in [0.1, 0.15) is 4.83 Å². The van der Waals surface area contributed by atoms with Crippen LogP contribution in [0.15, 0.2) is 59.7 Å².